The molecule has 0 radical (unpaired) electrons. The van der Waals surface area contributed by atoms with Gasteiger partial charge in [0.2, 0.25) is 5.28 Å². The number of halogens is 1. The van der Waals surface area contributed by atoms with Crippen LogP contribution in [0, 0.1) is 0 Å². The van der Waals surface area contributed by atoms with Crippen LogP contribution >= 0.6 is 11.6 Å². The molecule has 1 saturated carbocycles. The molecule has 5 heteroatoms. The molecule has 0 bridgehead atoms. The smallest absolute Gasteiger partial charge is 0.270 e. The van der Waals surface area contributed by atoms with Gasteiger partial charge in [0.1, 0.15) is 5.69 Å². The van der Waals surface area contributed by atoms with E-state index in [4.69, 9.17) is 11.6 Å². The van der Waals surface area contributed by atoms with Gasteiger partial charge >= 0.3 is 0 Å². The van der Waals surface area contributed by atoms with Crippen molar-refractivity contribution in [3.05, 3.63) is 23.2 Å². The second kappa shape index (κ2) is 3.92. The number of hydrogen-bond donors (Lipinski definition) is 1. The first kappa shape index (κ1) is 9.40. The van der Waals surface area contributed by atoms with Crippen molar-refractivity contribution >= 4 is 17.5 Å². The molecule has 1 heterocycles. The molecule has 1 N–H and O–H groups in total. The van der Waals surface area contributed by atoms with Crippen molar-refractivity contribution in [2.24, 2.45) is 0 Å². The van der Waals surface area contributed by atoms with Gasteiger partial charge in [0, 0.05) is 12.2 Å². The van der Waals surface area contributed by atoms with E-state index in [1.54, 1.807) is 6.07 Å². The van der Waals surface area contributed by atoms with E-state index in [1.807, 2.05) is 0 Å². The zero-order valence-electron chi connectivity index (χ0n) is 7.53. The summed E-state index contributed by atoms with van der Waals surface area (Å²) in [5.41, 5.74) is 0.330. The average molecular weight is 212 g/mol. The van der Waals surface area contributed by atoms with Gasteiger partial charge in [0.05, 0.1) is 0 Å². The van der Waals surface area contributed by atoms with Crippen LogP contribution in [0.4, 0.5) is 0 Å². The fourth-order valence-electron chi connectivity index (χ4n) is 1.27. The lowest BCUT2D eigenvalue weighted by molar-refractivity contribution is 0.0911. The van der Waals surface area contributed by atoms with E-state index >= 15 is 0 Å². The Kier molecular flexibility index (Phi) is 2.63. The minimum Gasteiger partial charge on any atom is -0.348 e. The Labute approximate surface area is 86.7 Å². The number of carbonyl (C=O) groups excluding carboxylic acids is 1. The quantitative estimate of drug-likeness (QED) is 0.753. The summed E-state index contributed by atoms with van der Waals surface area (Å²) in [4.78, 5) is 19.1. The van der Waals surface area contributed by atoms with E-state index in [-0.39, 0.29) is 11.2 Å². The molecule has 74 valence electrons. The number of aromatic nitrogens is 2. The van der Waals surface area contributed by atoms with Crippen LogP contribution in [0.15, 0.2) is 12.3 Å². The Morgan fingerprint density at radius 2 is 2.36 bits per heavy atom. The summed E-state index contributed by atoms with van der Waals surface area (Å²) in [6.07, 6.45) is 4.79. The maximum atomic E-state index is 11.5. The first-order chi connectivity index (χ1) is 6.75. The van der Waals surface area contributed by atoms with E-state index in [0.29, 0.717) is 11.7 Å². The number of nitrogens with zero attached hydrogens (tertiary/aromatic N) is 2. The van der Waals surface area contributed by atoms with E-state index in [1.165, 1.54) is 12.6 Å². The molecule has 1 aromatic heterocycles. The number of nitrogens with one attached hydrogen (secondary N) is 1. The predicted molar refractivity (Wildman–Crippen MR) is 52.1 cm³/mol. The van der Waals surface area contributed by atoms with Gasteiger partial charge in [-0.15, -0.1) is 0 Å². The number of hydrogen-bond acceptors (Lipinski definition) is 3. The Bertz CT molecular complexity index is 352. The van der Waals surface area contributed by atoms with Gasteiger partial charge in [-0.1, -0.05) is 0 Å². The average Bonchev–Trinajstić information content (AvgIpc) is 2.11. The molecule has 2 rings (SSSR count). The summed E-state index contributed by atoms with van der Waals surface area (Å²) in [6.45, 7) is 0. The van der Waals surface area contributed by atoms with E-state index in [9.17, 15) is 4.79 Å². The summed E-state index contributed by atoms with van der Waals surface area (Å²) in [5.74, 6) is -0.168. The standard InChI is InChI=1S/C9H10ClN3O/c10-9-11-5-4-7(13-9)8(14)12-6-2-1-3-6/h4-6H,1-3H2,(H,12,14). The summed E-state index contributed by atoms with van der Waals surface area (Å²) in [5, 5.41) is 2.98. The van der Waals surface area contributed by atoms with Crippen molar-refractivity contribution in [1.82, 2.24) is 15.3 Å². The summed E-state index contributed by atoms with van der Waals surface area (Å²) >= 11 is 5.57. The zero-order chi connectivity index (χ0) is 9.97. The van der Waals surface area contributed by atoms with Gasteiger partial charge in [-0.05, 0) is 36.9 Å². The monoisotopic (exact) mass is 211 g/mol. The molecular weight excluding hydrogens is 202 g/mol. The molecule has 4 nitrogen and oxygen atoms in total. The second-order valence-electron chi connectivity index (χ2n) is 3.31. The SMILES string of the molecule is O=C(NC1CCC1)c1ccnc(Cl)n1. The molecule has 0 atom stereocenters. The largest absolute Gasteiger partial charge is 0.348 e. The molecule has 0 unspecified atom stereocenters. The van der Waals surface area contributed by atoms with Crippen molar-refractivity contribution < 1.29 is 4.79 Å². The minimum absolute atomic E-state index is 0.103. The van der Waals surface area contributed by atoms with Gasteiger partial charge in [-0.2, -0.15) is 0 Å². The van der Waals surface area contributed by atoms with Gasteiger partial charge < -0.3 is 5.32 Å². The maximum Gasteiger partial charge on any atom is 0.270 e. The fraction of sp³-hybridized carbons (Fsp3) is 0.444. The lowest BCUT2D eigenvalue weighted by Gasteiger charge is -2.26. The Balaban J connectivity index is 2.02. The van der Waals surface area contributed by atoms with Crippen LogP contribution in [0.2, 0.25) is 5.28 Å². The molecule has 0 saturated heterocycles. The van der Waals surface area contributed by atoms with Crippen molar-refractivity contribution in [2.45, 2.75) is 25.3 Å². The first-order valence-electron chi connectivity index (χ1n) is 4.55. The third-order valence-corrected chi connectivity index (χ3v) is 2.48. The topological polar surface area (TPSA) is 54.9 Å². The molecule has 0 aromatic carbocycles. The van der Waals surface area contributed by atoms with Gasteiger partial charge in [0.15, 0.2) is 0 Å². The third kappa shape index (κ3) is 2.01. The summed E-state index contributed by atoms with van der Waals surface area (Å²) < 4.78 is 0. The molecule has 1 aliphatic rings. The predicted octanol–water partition coefficient (Wildman–Crippen LogP) is 1.41. The second-order valence-corrected chi connectivity index (χ2v) is 3.65. The van der Waals surface area contributed by atoms with Crippen LogP contribution in [-0.2, 0) is 0 Å². The van der Waals surface area contributed by atoms with Crippen LogP contribution in [0.1, 0.15) is 29.8 Å². The zero-order valence-corrected chi connectivity index (χ0v) is 8.29. The van der Waals surface area contributed by atoms with E-state index in [2.05, 4.69) is 15.3 Å². The van der Waals surface area contributed by atoms with Crippen molar-refractivity contribution in [3.63, 3.8) is 0 Å². The third-order valence-electron chi connectivity index (χ3n) is 2.30. The van der Waals surface area contributed by atoms with Crippen LogP contribution in [0.5, 0.6) is 0 Å². The highest BCUT2D eigenvalue weighted by Gasteiger charge is 2.20. The molecule has 0 aliphatic heterocycles. The first-order valence-corrected chi connectivity index (χ1v) is 4.93. The Hall–Kier alpha value is -1.16. The van der Waals surface area contributed by atoms with Gasteiger partial charge in [-0.3, -0.25) is 4.79 Å². The van der Waals surface area contributed by atoms with Crippen molar-refractivity contribution in [3.8, 4) is 0 Å². The maximum absolute atomic E-state index is 11.5. The van der Waals surface area contributed by atoms with Crippen molar-refractivity contribution in [2.75, 3.05) is 0 Å². The molecule has 14 heavy (non-hydrogen) atoms. The number of carbonyl (C=O) groups is 1. The molecule has 1 amide bonds. The molecule has 0 spiro atoms. The normalized spacial score (nSPS) is 16.1. The minimum atomic E-state index is -0.168. The van der Waals surface area contributed by atoms with E-state index in [0.717, 1.165) is 12.8 Å². The highest BCUT2D eigenvalue weighted by Crippen LogP contribution is 2.18. The fourth-order valence-corrected chi connectivity index (χ4v) is 1.42. The van der Waals surface area contributed by atoms with E-state index < -0.39 is 0 Å². The Morgan fingerprint density at radius 3 is 2.93 bits per heavy atom. The summed E-state index contributed by atoms with van der Waals surface area (Å²) in [6, 6.07) is 1.87. The van der Waals surface area contributed by atoms with Crippen LogP contribution < -0.4 is 5.32 Å². The molecule has 1 aromatic rings. The lowest BCUT2D eigenvalue weighted by Crippen LogP contribution is -2.39. The molecular formula is C9H10ClN3O. The van der Waals surface area contributed by atoms with Crippen molar-refractivity contribution in [1.29, 1.82) is 0 Å². The summed E-state index contributed by atoms with van der Waals surface area (Å²) in [7, 11) is 0. The Morgan fingerprint density at radius 1 is 1.57 bits per heavy atom. The lowest BCUT2D eigenvalue weighted by atomic mass is 9.93. The highest BCUT2D eigenvalue weighted by atomic mass is 35.5. The number of amides is 1. The molecule has 1 fully saturated rings. The van der Waals surface area contributed by atoms with Gasteiger partial charge in [-0.25, -0.2) is 9.97 Å². The highest BCUT2D eigenvalue weighted by molar-refractivity contribution is 6.28. The number of rotatable bonds is 2. The van der Waals surface area contributed by atoms with Crippen LogP contribution in [0.3, 0.4) is 0 Å². The van der Waals surface area contributed by atoms with Crippen LogP contribution in [0.25, 0.3) is 0 Å². The van der Waals surface area contributed by atoms with Gasteiger partial charge in [0.25, 0.3) is 5.91 Å². The molecule has 1 aliphatic carbocycles. The van der Waals surface area contributed by atoms with Crippen LogP contribution in [-0.4, -0.2) is 21.9 Å².